The summed E-state index contributed by atoms with van der Waals surface area (Å²) in [7, 11) is 2.89. The molecule has 1 nitrogen and oxygen atoms in total. The van der Waals surface area contributed by atoms with Crippen LogP contribution in [0, 0.1) is 0 Å². The molecule has 0 aromatic carbocycles. The maximum Gasteiger partial charge on any atom is 0.165 e. The number of rotatable bonds is 5. The molecule has 0 aromatic rings. The van der Waals surface area contributed by atoms with Crippen molar-refractivity contribution in [3.05, 3.63) is 0 Å². The van der Waals surface area contributed by atoms with Gasteiger partial charge in [0.05, 0.1) is 4.90 Å². The summed E-state index contributed by atoms with van der Waals surface area (Å²) in [5.74, 6) is 0. The van der Waals surface area contributed by atoms with Crippen molar-refractivity contribution in [1.29, 1.82) is 0 Å². The fourth-order valence-corrected chi connectivity index (χ4v) is 1.23. The average molecular weight is 178 g/mol. The first kappa shape index (κ1) is 10.5. The molecule has 0 aliphatic carbocycles. The summed E-state index contributed by atoms with van der Waals surface area (Å²) >= 11 is 0. The molecule has 0 radical (unpaired) electrons. The van der Waals surface area contributed by atoms with E-state index in [-0.39, 0.29) is 13.4 Å². The van der Waals surface area contributed by atoms with Crippen molar-refractivity contribution >= 4 is 17.7 Å². The SMILES string of the molecule is CCCCCC(C)(P)P=O. The second-order valence-electron chi connectivity index (χ2n) is 2.91. The number of hydrogen-bond donors (Lipinski definition) is 0. The van der Waals surface area contributed by atoms with Crippen LogP contribution >= 0.6 is 17.7 Å². The van der Waals surface area contributed by atoms with Crippen LogP contribution in [0.4, 0.5) is 0 Å². The van der Waals surface area contributed by atoms with E-state index >= 15 is 0 Å². The highest BCUT2D eigenvalue weighted by Crippen LogP contribution is 2.35. The molecular weight excluding hydrogens is 162 g/mol. The summed E-state index contributed by atoms with van der Waals surface area (Å²) in [6.07, 6.45) is 4.71. The molecule has 0 bridgehead atoms. The topological polar surface area (TPSA) is 17.1 Å². The zero-order valence-electron chi connectivity index (χ0n) is 6.76. The summed E-state index contributed by atoms with van der Waals surface area (Å²) in [4.78, 5) is -0.0742. The predicted octanol–water partition coefficient (Wildman–Crippen LogP) is 3.45. The summed E-state index contributed by atoms with van der Waals surface area (Å²) in [6, 6.07) is 0. The van der Waals surface area contributed by atoms with E-state index < -0.39 is 0 Å². The molecule has 0 aromatic heterocycles. The Labute approximate surface area is 67.4 Å². The highest BCUT2D eigenvalue weighted by molar-refractivity contribution is 7.43. The molecule has 0 heterocycles. The van der Waals surface area contributed by atoms with Gasteiger partial charge in [-0.25, -0.2) is 0 Å². The molecule has 2 unspecified atom stereocenters. The standard InChI is InChI=1S/C7H16OP2/c1-3-4-5-6-7(2,9)10-8/h3-6,9H2,1-2H3. The predicted molar refractivity (Wildman–Crippen MR) is 49.9 cm³/mol. The molecule has 0 saturated heterocycles. The summed E-state index contributed by atoms with van der Waals surface area (Å²) < 4.78 is 10.5. The molecular formula is C7H16OP2. The van der Waals surface area contributed by atoms with Crippen LogP contribution in [0.1, 0.15) is 39.5 Å². The zero-order chi connectivity index (χ0) is 8.04. The Morgan fingerprint density at radius 2 is 2.10 bits per heavy atom. The van der Waals surface area contributed by atoms with Crippen molar-refractivity contribution in [3.63, 3.8) is 0 Å². The van der Waals surface area contributed by atoms with Gasteiger partial charge in [-0.1, -0.05) is 26.2 Å². The van der Waals surface area contributed by atoms with Gasteiger partial charge >= 0.3 is 0 Å². The van der Waals surface area contributed by atoms with Crippen molar-refractivity contribution in [1.82, 2.24) is 0 Å². The molecule has 0 rings (SSSR count). The van der Waals surface area contributed by atoms with Gasteiger partial charge in [0.25, 0.3) is 0 Å². The monoisotopic (exact) mass is 178 g/mol. The van der Waals surface area contributed by atoms with E-state index in [0.29, 0.717) is 0 Å². The van der Waals surface area contributed by atoms with Gasteiger partial charge in [-0.3, -0.25) is 4.57 Å². The quantitative estimate of drug-likeness (QED) is 0.465. The Bertz CT molecular complexity index is 102. The van der Waals surface area contributed by atoms with E-state index in [2.05, 4.69) is 16.2 Å². The van der Waals surface area contributed by atoms with Gasteiger partial charge in [-0.2, -0.15) is 0 Å². The fraction of sp³-hybridized carbons (Fsp3) is 1.00. The lowest BCUT2D eigenvalue weighted by molar-refractivity contribution is 0.573. The lowest BCUT2D eigenvalue weighted by Gasteiger charge is -2.13. The third-order valence-electron chi connectivity index (χ3n) is 1.50. The van der Waals surface area contributed by atoms with Gasteiger partial charge < -0.3 is 0 Å². The highest BCUT2D eigenvalue weighted by atomic mass is 31.1. The molecule has 0 aliphatic rings. The highest BCUT2D eigenvalue weighted by Gasteiger charge is 2.16. The van der Waals surface area contributed by atoms with Crippen molar-refractivity contribution < 1.29 is 4.57 Å². The van der Waals surface area contributed by atoms with Crippen molar-refractivity contribution in [2.24, 2.45) is 0 Å². The van der Waals surface area contributed by atoms with Crippen molar-refractivity contribution in [3.8, 4) is 0 Å². The van der Waals surface area contributed by atoms with Crippen molar-refractivity contribution in [2.75, 3.05) is 0 Å². The largest absolute Gasteiger partial charge is 0.274 e. The summed E-state index contributed by atoms with van der Waals surface area (Å²) in [5.41, 5.74) is 0. The Hall–Kier alpha value is 0.530. The Morgan fingerprint density at radius 3 is 2.50 bits per heavy atom. The molecule has 3 heteroatoms. The van der Waals surface area contributed by atoms with Crippen LogP contribution in [0.3, 0.4) is 0 Å². The maximum atomic E-state index is 10.5. The fourth-order valence-electron chi connectivity index (χ4n) is 0.779. The summed E-state index contributed by atoms with van der Waals surface area (Å²) in [5, 5.41) is 0. The van der Waals surface area contributed by atoms with Crippen LogP contribution in [0.5, 0.6) is 0 Å². The first-order chi connectivity index (χ1) is 4.62. The molecule has 0 N–H and O–H groups in total. The van der Waals surface area contributed by atoms with Gasteiger partial charge in [-0.15, -0.1) is 9.24 Å². The molecule has 0 aliphatic heterocycles. The zero-order valence-corrected chi connectivity index (χ0v) is 8.81. The van der Waals surface area contributed by atoms with Crippen LogP contribution in [0.25, 0.3) is 0 Å². The second kappa shape index (κ2) is 5.22. The van der Waals surface area contributed by atoms with E-state index in [9.17, 15) is 4.57 Å². The molecule has 60 valence electrons. The third kappa shape index (κ3) is 5.33. The molecule has 10 heavy (non-hydrogen) atoms. The number of unbranched alkanes of at least 4 members (excludes halogenated alkanes) is 2. The van der Waals surface area contributed by atoms with Gasteiger partial charge in [0.1, 0.15) is 0 Å². The Morgan fingerprint density at radius 1 is 1.50 bits per heavy atom. The van der Waals surface area contributed by atoms with Crippen LogP contribution < -0.4 is 0 Å². The second-order valence-corrected chi connectivity index (χ2v) is 5.87. The van der Waals surface area contributed by atoms with E-state index in [4.69, 9.17) is 0 Å². The van der Waals surface area contributed by atoms with Gasteiger partial charge in [0.2, 0.25) is 0 Å². The van der Waals surface area contributed by atoms with E-state index in [0.717, 1.165) is 6.42 Å². The first-order valence-corrected chi connectivity index (χ1v) is 5.15. The molecule has 2 atom stereocenters. The maximum absolute atomic E-state index is 10.5. The van der Waals surface area contributed by atoms with Crippen LogP contribution in [-0.2, 0) is 4.57 Å². The normalized spacial score (nSPS) is 17.1. The molecule has 0 spiro atoms. The smallest absolute Gasteiger partial charge is 0.165 e. The van der Waals surface area contributed by atoms with Gasteiger partial charge in [-0.05, 0) is 13.3 Å². The third-order valence-corrected chi connectivity index (χ3v) is 2.74. The minimum Gasteiger partial charge on any atom is -0.274 e. The number of hydrogen-bond acceptors (Lipinski definition) is 1. The Kier molecular flexibility index (Phi) is 5.49. The van der Waals surface area contributed by atoms with Gasteiger partial charge in [0, 0.05) is 0 Å². The van der Waals surface area contributed by atoms with Crippen LogP contribution in [0.2, 0.25) is 0 Å². The molecule has 0 amide bonds. The van der Waals surface area contributed by atoms with E-state index in [1.165, 1.54) is 19.3 Å². The van der Waals surface area contributed by atoms with Gasteiger partial charge in [0.15, 0.2) is 8.46 Å². The minimum atomic E-state index is -0.0742. The lowest BCUT2D eigenvalue weighted by atomic mass is 10.2. The minimum absolute atomic E-state index is 0.0742. The van der Waals surface area contributed by atoms with Crippen LogP contribution in [0.15, 0.2) is 0 Å². The van der Waals surface area contributed by atoms with E-state index in [1.54, 1.807) is 0 Å². The lowest BCUT2D eigenvalue weighted by Crippen LogP contribution is -2.04. The van der Waals surface area contributed by atoms with Crippen LogP contribution in [-0.4, -0.2) is 4.90 Å². The molecule has 0 fully saturated rings. The van der Waals surface area contributed by atoms with Crippen molar-refractivity contribution in [2.45, 2.75) is 44.4 Å². The average Bonchev–Trinajstić information content (AvgIpc) is 1.89. The molecule has 0 saturated carbocycles. The van der Waals surface area contributed by atoms with E-state index in [1.807, 2.05) is 6.92 Å². The first-order valence-electron chi connectivity index (χ1n) is 3.76. The Balaban J connectivity index is 3.37. The summed E-state index contributed by atoms with van der Waals surface area (Å²) in [6.45, 7) is 4.18.